The highest BCUT2D eigenvalue weighted by molar-refractivity contribution is 9.10. The average Bonchev–Trinajstić information content (AvgIpc) is 2.49. The predicted molar refractivity (Wildman–Crippen MR) is 87.4 cm³/mol. The minimum absolute atomic E-state index is 0.131. The molecule has 0 unspecified atom stereocenters. The Balaban J connectivity index is 2.42. The molecular weight excluding hydrogens is 389 g/mol. The van der Waals surface area contributed by atoms with Gasteiger partial charge in [0.25, 0.3) is 10.0 Å². The lowest BCUT2D eigenvalue weighted by Crippen LogP contribution is -2.15. The van der Waals surface area contributed by atoms with Gasteiger partial charge in [-0.05, 0) is 42.8 Å². The van der Waals surface area contributed by atoms with Gasteiger partial charge in [-0.2, -0.15) is 0 Å². The standard InChI is InChI=1S/C15H13BrFNO4S/c1-9-3-5-11(8-12(9)15(19)22-2)23(20,21)18-14-6-4-10(16)7-13(14)17/h3-8,18H,1-2H3. The molecule has 0 fully saturated rings. The first kappa shape index (κ1) is 17.4. The smallest absolute Gasteiger partial charge is 0.338 e. The zero-order valence-corrected chi connectivity index (χ0v) is 14.7. The van der Waals surface area contributed by atoms with E-state index in [1.165, 1.54) is 37.4 Å². The summed E-state index contributed by atoms with van der Waals surface area (Å²) in [6, 6.07) is 7.97. The summed E-state index contributed by atoms with van der Waals surface area (Å²) in [6.45, 7) is 1.66. The second-order valence-corrected chi connectivity index (χ2v) is 7.30. The summed E-state index contributed by atoms with van der Waals surface area (Å²) >= 11 is 3.09. The molecule has 8 heteroatoms. The number of nitrogens with one attached hydrogen (secondary N) is 1. The number of hydrogen-bond acceptors (Lipinski definition) is 4. The largest absolute Gasteiger partial charge is 0.465 e. The van der Waals surface area contributed by atoms with Crippen LogP contribution in [0.4, 0.5) is 10.1 Å². The molecular formula is C15H13BrFNO4S. The van der Waals surface area contributed by atoms with Crippen molar-refractivity contribution in [3.8, 4) is 0 Å². The molecule has 0 saturated heterocycles. The summed E-state index contributed by atoms with van der Waals surface area (Å²) in [6.07, 6.45) is 0. The van der Waals surface area contributed by atoms with Crippen molar-refractivity contribution in [2.24, 2.45) is 0 Å². The Kier molecular flexibility index (Phi) is 5.06. The zero-order valence-electron chi connectivity index (χ0n) is 12.3. The topological polar surface area (TPSA) is 72.5 Å². The second-order valence-electron chi connectivity index (χ2n) is 4.70. The second kappa shape index (κ2) is 6.67. The highest BCUT2D eigenvalue weighted by Crippen LogP contribution is 2.23. The van der Waals surface area contributed by atoms with Gasteiger partial charge < -0.3 is 4.74 Å². The summed E-state index contributed by atoms with van der Waals surface area (Å²) in [7, 11) is -2.84. The van der Waals surface area contributed by atoms with Gasteiger partial charge in [0.2, 0.25) is 0 Å². The number of sulfonamides is 1. The van der Waals surface area contributed by atoms with Gasteiger partial charge in [0.05, 0.1) is 23.3 Å². The van der Waals surface area contributed by atoms with Crippen molar-refractivity contribution in [3.05, 3.63) is 57.8 Å². The molecule has 0 saturated carbocycles. The third-order valence-electron chi connectivity index (χ3n) is 3.10. The van der Waals surface area contributed by atoms with E-state index in [0.717, 1.165) is 6.07 Å². The van der Waals surface area contributed by atoms with Crippen LogP contribution in [0.25, 0.3) is 0 Å². The molecule has 5 nitrogen and oxygen atoms in total. The van der Waals surface area contributed by atoms with Gasteiger partial charge in [-0.25, -0.2) is 17.6 Å². The summed E-state index contributed by atoms with van der Waals surface area (Å²) in [4.78, 5) is 11.5. The lowest BCUT2D eigenvalue weighted by Gasteiger charge is -2.11. The fraction of sp³-hybridized carbons (Fsp3) is 0.133. The van der Waals surface area contributed by atoms with E-state index in [4.69, 9.17) is 0 Å². The van der Waals surface area contributed by atoms with Crippen LogP contribution in [-0.4, -0.2) is 21.5 Å². The number of carbonyl (C=O) groups is 1. The number of benzene rings is 2. The van der Waals surface area contributed by atoms with Crippen molar-refractivity contribution in [2.75, 3.05) is 11.8 Å². The van der Waals surface area contributed by atoms with Gasteiger partial charge in [-0.15, -0.1) is 0 Å². The monoisotopic (exact) mass is 401 g/mol. The third kappa shape index (κ3) is 3.89. The van der Waals surface area contributed by atoms with E-state index in [-0.39, 0.29) is 16.1 Å². The molecule has 0 aliphatic heterocycles. The van der Waals surface area contributed by atoms with Crippen LogP contribution in [0, 0.1) is 12.7 Å². The first-order chi connectivity index (χ1) is 10.7. The lowest BCUT2D eigenvalue weighted by atomic mass is 10.1. The van der Waals surface area contributed by atoms with E-state index in [0.29, 0.717) is 10.0 Å². The number of aryl methyl sites for hydroxylation is 1. The Hall–Kier alpha value is -1.93. The Morgan fingerprint density at radius 3 is 2.52 bits per heavy atom. The number of methoxy groups -OCH3 is 1. The molecule has 2 rings (SSSR count). The molecule has 0 bridgehead atoms. The molecule has 122 valence electrons. The van der Waals surface area contributed by atoms with Crippen molar-refractivity contribution >= 4 is 37.6 Å². The molecule has 0 radical (unpaired) electrons. The van der Waals surface area contributed by atoms with Crippen LogP contribution in [0.1, 0.15) is 15.9 Å². The van der Waals surface area contributed by atoms with E-state index in [9.17, 15) is 17.6 Å². The molecule has 0 aromatic heterocycles. The molecule has 23 heavy (non-hydrogen) atoms. The zero-order chi connectivity index (χ0) is 17.2. The molecule has 2 aromatic rings. The lowest BCUT2D eigenvalue weighted by molar-refractivity contribution is 0.0599. The van der Waals surface area contributed by atoms with Crippen LogP contribution < -0.4 is 4.72 Å². The van der Waals surface area contributed by atoms with Gasteiger partial charge in [-0.1, -0.05) is 22.0 Å². The van der Waals surface area contributed by atoms with Crippen LogP contribution in [0.3, 0.4) is 0 Å². The minimum atomic E-state index is -4.04. The third-order valence-corrected chi connectivity index (χ3v) is 4.96. The molecule has 0 aliphatic rings. The van der Waals surface area contributed by atoms with E-state index >= 15 is 0 Å². The van der Waals surface area contributed by atoms with Gasteiger partial charge in [-0.3, -0.25) is 4.72 Å². The summed E-state index contributed by atoms with van der Waals surface area (Å²) in [5, 5.41) is 0. The highest BCUT2D eigenvalue weighted by Gasteiger charge is 2.19. The predicted octanol–water partition coefficient (Wildman–Crippen LogP) is 3.48. The Morgan fingerprint density at radius 2 is 1.91 bits per heavy atom. The molecule has 0 spiro atoms. The first-order valence-corrected chi connectivity index (χ1v) is 8.69. The summed E-state index contributed by atoms with van der Waals surface area (Å²) in [5.41, 5.74) is 0.519. The van der Waals surface area contributed by atoms with Crippen LogP contribution in [-0.2, 0) is 14.8 Å². The Labute approximate surface area is 141 Å². The van der Waals surface area contributed by atoms with Crippen molar-refractivity contribution in [1.29, 1.82) is 0 Å². The Morgan fingerprint density at radius 1 is 1.22 bits per heavy atom. The van der Waals surface area contributed by atoms with Gasteiger partial charge in [0.15, 0.2) is 0 Å². The first-order valence-electron chi connectivity index (χ1n) is 6.41. The SMILES string of the molecule is COC(=O)c1cc(S(=O)(=O)Nc2ccc(Br)cc2F)ccc1C. The van der Waals surface area contributed by atoms with Gasteiger partial charge in [0, 0.05) is 4.47 Å². The quantitative estimate of drug-likeness (QED) is 0.795. The normalized spacial score (nSPS) is 11.1. The molecule has 0 atom stereocenters. The van der Waals surface area contributed by atoms with Crippen LogP contribution in [0.2, 0.25) is 0 Å². The Bertz CT molecular complexity index is 868. The van der Waals surface area contributed by atoms with Crippen molar-refractivity contribution in [1.82, 2.24) is 0 Å². The van der Waals surface area contributed by atoms with Crippen molar-refractivity contribution in [2.45, 2.75) is 11.8 Å². The van der Waals surface area contributed by atoms with E-state index < -0.39 is 21.8 Å². The minimum Gasteiger partial charge on any atom is -0.465 e. The summed E-state index contributed by atoms with van der Waals surface area (Å²) < 4.78 is 45.8. The van der Waals surface area contributed by atoms with Gasteiger partial charge >= 0.3 is 5.97 Å². The summed E-state index contributed by atoms with van der Waals surface area (Å²) in [5.74, 6) is -1.36. The maximum atomic E-state index is 13.8. The fourth-order valence-corrected chi connectivity index (χ4v) is 3.30. The fourth-order valence-electron chi connectivity index (χ4n) is 1.87. The van der Waals surface area contributed by atoms with Crippen LogP contribution in [0.15, 0.2) is 45.8 Å². The number of esters is 1. The maximum Gasteiger partial charge on any atom is 0.338 e. The average molecular weight is 402 g/mol. The van der Waals surface area contributed by atoms with Gasteiger partial charge in [0.1, 0.15) is 5.82 Å². The number of rotatable bonds is 4. The van der Waals surface area contributed by atoms with E-state index in [2.05, 4.69) is 25.4 Å². The maximum absolute atomic E-state index is 13.8. The van der Waals surface area contributed by atoms with E-state index in [1.807, 2.05) is 0 Å². The molecule has 2 aromatic carbocycles. The number of hydrogen-bond donors (Lipinski definition) is 1. The highest BCUT2D eigenvalue weighted by atomic mass is 79.9. The molecule has 0 aliphatic carbocycles. The van der Waals surface area contributed by atoms with Crippen molar-refractivity contribution in [3.63, 3.8) is 0 Å². The number of halogens is 2. The number of anilines is 1. The van der Waals surface area contributed by atoms with E-state index in [1.54, 1.807) is 6.92 Å². The number of carbonyl (C=O) groups excluding carboxylic acids is 1. The van der Waals surface area contributed by atoms with Crippen molar-refractivity contribution < 1.29 is 22.3 Å². The van der Waals surface area contributed by atoms with Crippen LogP contribution in [0.5, 0.6) is 0 Å². The molecule has 1 N–H and O–H groups in total. The number of ether oxygens (including phenoxy) is 1. The molecule has 0 heterocycles. The van der Waals surface area contributed by atoms with Crippen LogP contribution >= 0.6 is 15.9 Å². The molecule has 0 amide bonds.